The van der Waals surface area contributed by atoms with E-state index in [1.165, 1.54) is 0 Å². The van der Waals surface area contributed by atoms with Gasteiger partial charge in [-0.25, -0.2) is 9.79 Å². The molecule has 2 atom stereocenters. The summed E-state index contributed by atoms with van der Waals surface area (Å²) in [6.07, 6.45) is 3.58. The van der Waals surface area contributed by atoms with Crippen molar-refractivity contribution in [1.29, 1.82) is 0 Å². The van der Waals surface area contributed by atoms with E-state index in [4.69, 9.17) is 9.16 Å². The van der Waals surface area contributed by atoms with Crippen molar-refractivity contribution in [3.63, 3.8) is 0 Å². The van der Waals surface area contributed by atoms with Crippen LogP contribution in [0.1, 0.15) is 54.4 Å². The molecule has 0 unspecified atom stereocenters. The molecule has 5 nitrogen and oxygen atoms in total. The number of likely N-dealkylation sites (tertiary alicyclic amines) is 1. The summed E-state index contributed by atoms with van der Waals surface area (Å²) >= 11 is 2.24. The molecule has 0 radical (unpaired) electrons. The predicted octanol–water partition coefficient (Wildman–Crippen LogP) is 5.75. The van der Waals surface area contributed by atoms with Gasteiger partial charge in [-0.1, -0.05) is 20.8 Å². The highest BCUT2D eigenvalue weighted by Crippen LogP contribution is 2.38. The maximum atomic E-state index is 12.8. The number of rotatable bonds is 4. The van der Waals surface area contributed by atoms with Crippen LogP contribution in [0.3, 0.4) is 0 Å². The predicted molar refractivity (Wildman–Crippen MR) is 122 cm³/mol. The third kappa shape index (κ3) is 6.03. The molecule has 154 valence electrons. The minimum absolute atomic E-state index is 0.0105. The van der Waals surface area contributed by atoms with E-state index >= 15 is 0 Å². The lowest BCUT2D eigenvalue weighted by molar-refractivity contribution is 0.0256. The van der Waals surface area contributed by atoms with E-state index in [2.05, 4.69) is 67.5 Å². The lowest BCUT2D eigenvalue weighted by atomic mass is 10.0. The molecule has 0 N–H and O–H groups in total. The molecule has 0 bridgehead atoms. The number of amides is 1. The summed E-state index contributed by atoms with van der Waals surface area (Å²) in [6.45, 7) is 18.4. The van der Waals surface area contributed by atoms with Gasteiger partial charge in [0.2, 0.25) is 0 Å². The number of nitrogens with zero attached hydrogens (tertiary/aromatic N) is 2. The van der Waals surface area contributed by atoms with E-state index < -0.39 is 13.9 Å². The van der Waals surface area contributed by atoms with Crippen molar-refractivity contribution in [3.05, 3.63) is 9.78 Å². The third-order valence-electron chi connectivity index (χ3n) is 5.62. The number of carbonyl (C=O) groups excluding carboxylic acids is 1. The van der Waals surface area contributed by atoms with Gasteiger partial charge in [0.05, 0.1) is 9.75 Å². The third-order valence-corrected chi connectivity index (χ3v) is 10.8. The SMILES string of the molecule is CC(C)(C)OC(=O)N1C[C@@H](CO[Si](C)(C)C(C)(C)C)C[C@H]1C1=NC(I)=CC1. The summed E-state index contributed by atoms with van der Waals surface area (Å²) in [5.41, 5.74) is 0.571. The van der Waals surface area contributed by atoms with E-state index in [1.807, 2.05) is 25.7 Å². The summed E-state index contributed by atoms with van der Waals surface area (Å²) in [6, 6.07) is 0.0105. The highest BCUT2D eigenvalue weighted by Gasteiger charge is 2.43. The summed E-state index contributed by atoms with van der Waals surface area (Å²) in [7, 11) is -1.80. The van der Waals surface area contributed by atoms with E-state index in [-0.39, 0.29) is 17.2 Å². The van der Waals surface area contributed by atoms with Crippen LogP contribution in [0, 0.1) is 5.92 Å². The first-order valence-corrected chi connectivity index (χ1v) is 13.7. The largest absolute Gasteiger partial charge is 0.444 e. The van der Waals surface area contributed by atoms with Crippen molar-refractivity contribution < 1.29 is 14.0 Å². The minimum Gasteiger partial charge on any atom is -0.444 e. The van der Waals surface area contributed by atoms with Gasteiger partial charge < -0.3 is 9.16 Å². The standard InChI is InChI=1S/C20H35IN2O3Si/c1-19(2,3)26-18(24)23-12-14(13-25-27(7,8)20(4,5)6)11-16(23)15-9-10-17(21)22-15/h10,14,16H,9,11-13H2,1-8H3/t14-,16-/m0/s1. The molecule has 27 heavy (non-hydrogen) atoms. The second-order valence-corrected chi connectivity index (χ2v) is 16.1. The van der Waals surface area contributed by atoms with Gasteiger partial charge in [0.25, 0.3) is 0 Å². The number of halogens is 1. The van der Waals surface area contributed by atoms with Crippen molar-refractivity contribution in [2.24, 2.45) is 10.9 Å². The molecule has 0 aromatic heterocycles. The van der Waals surface area contributed by atoms with Crippen LogP contribution < -0.4 is 0 Å². The molecular weight excluding hydrogens is 471 g/mol. The Morgan fingerprint density at radius 3 is 2.41 bits per heavy atom. The van der Waals surface area contributed by atoms with Crippen molar-refractivity contribution in [2.45, 2.75) is 84.2 Å². The molecule has 0 aliphatic carbocycles. The molecule has 1 saturated heterocycles. The summed E-state index contributed by atoms with van der Waals surface area (Å²) in [5, 5.41) is 0.186. The van der Waals surface area contributed by atoms with E-state index in [0.29, 0.717) is 19.1 Å². The van der Waals surface area contributed by atoms with Crippen molar-refractivity contribution in [2.75, 3.05) is 13.2 Å². The Balaban J connectivity index is 2.10. The van der Waals surface area contributed by atoms with E-state index in [0.717, 1.165) is 22.3 Å². The molecule has 1 amide bonds. The maximum Gasteiger partial charge on any atom is 0.410 e. The zero-order chi connectivity index (χ0) is 20.6. The fraction of sp³-hybridized carbons (Fsp3) is 0.800. The Morgan fingerprint density at radius 2 is 1.93 bits per heavy atom. The summed E-state index contributed by atoms with van der Waals surface area (Å²) < 4.78 is 13.1. The normalized spacial score (nSPS) is 24.1. The fourth-order valence-electron chi connectivity index (χ4n) is 3.05. The van der Waals surface area contributed by atoms with Gasteiger partial charge in [-0.2, -0.15) is 0 Å². The van der Waals surface area contributed by atoms with Gasteiger partial charge in [-0.05, 0) is 74.0 Å². The lowest BCUT2D eigenvalue weighted by Gasteiger charge is -2.37. The second-order valence-electron chi connectivity index (χ2n) is 10.2. The van der Waals surface area contributed by atoms with Crippen molar-refractivity contribution in [3.8, 4) is 0 Å². The Bertz CT molecular complexity index is 632. The van der Waals surface area contributed by atoms with Gasteiger partial charge in [0, 0.05) is 31.2 Å². The van der Waals surface area contributed by atoms with Crippen LogP contribution in [0.15, 0.2) is 14.8 Å². The van der Waals surface area contributed by atoms with Gasteiger partial charge in [0.15, 0.2) is 8.32 Å². The molecule has 1 fully saturated rings. The smallest absolute Gasteiger partial charge is 0.410 e. The molecule has 0 spiro atoms. The molecule has 7 heteroatoms. The maximum absolute atomic E-state index is 12.8. The fourth-order valence-corrected chi connectivity index (χ4v) is 4.67. The van der Waals surface area contributed by atoms with Crippen LogP contribution in [0.5, 0.6) is 0 Å². The van der Waals surface area contributed by atoms with Crippen LogP contribution in [0.25, 0.3) is 0 Å². The highest BCUT2D eigenvalue weighted by molar-refractivity contribution is 14.1. The summed E-state index contributed by atoms with van der Waals surface area (Å²) in [4.78, 5) is 19.3. The van der Waals surface area contributed by atoms with E-state index in [1.54, 1.807) is 0 Å². The second kappa shape index (κ2) is 8.14. The Labute approximate surface area is 179 Å². The zero-order valence-electron chi connectivity index (χ0n) is 18.1. The zero-order valence-corrected chi connectivity index (χ0v) is 21.2. The number of hydrogen-bond acceptors (Lipinski definition) is 4. The Hall–Kier alpha value is -0.413. The number of ether oxygens (including phenoxy) is 1. The molecular formula is C20H35IN2O3Si. The van der Waals surface area contributed by atoms with Crippen LogP contribution in [0.2, 0.25) is 18.1 Å². The number of allylic oxidation sites excluding steroid dienone is 1. The molecule has 0 saturated carbocycles. The average Bonchev–Trinajstić information content (AvgIpc) is 3.08. The van der Waals surface area contributed by atoms with Crippen LogP contribution in [-0.2, 0) is 9.16 Å². The molecule has 2 heterocycles. The first kappa shape index (κ1) is 22.9. The molecule has 2 rings (SSSR count). The molecule has 2 aliphatic rings. The van der Waals surface area contributed by atoms with Crippen molar-refractivity contribution >= 4 is 42.7 Å². The molecule has 0 aromatic carbocycles. The summed E-state index contributed by atoms with van der Waals surface area (Å²) in [5.74, 6) is 0.317. The topological polar surface area (TPSA) is 51.1 Å². The first-order valence-electron chi connectivity index (χ1n) is 9.76. The van der Waals surface area contributed by atoms with Crippen molar-refractivity contribution in [1.82, 2.24) is 4.90 Å². The quantitative estimate of drug-likeness (QED) is 0.277. The molecule has 2 aliphatic heterocycles. The Morgan fingerprint density at radius 1 is 1.30 bits per heavy atom. The van der Waals surface area contributed by atoms with E-state index in [9.17, 15) is 4.79 Å². The van der Waals surface area contributed by atoms with Gasteiger partial charge in [-0.3, -0.25) is 4.90 Å². The first-order chi connectivity index (χ1) is 12.2. The van der Waals surface area contributed by atoms with Gasteiger partial charge >= 0.3 is 6.09 Å². The van der Waals surface area contributed by atoms with Crippen LogP contribution in [0.4, 0.5) is 4.79 Å². The monoisotopic (exact) mass is 506 g/mol. The number of carbonyl (C=O) groups is 1. The molecule has 0 aromatic rings. The van der Waals surface area contributed by atoms with Crippen LogP contribution in [-0.4, -0.2) is 49.8 Å². The average molecular weight is 507 g/mol. The van der Waals surface area contributed by atoms with Crippen LogP contribution >= 0.6 is 22.6 Å². The van der Waals surface area contributed by atoms with Gasteiger partial charge in [-0.15, -0.1) is 0 Å². The number of aliphatic imine (C=N–C) groups is 1. The number of hydrogen-bond donors (Lipinski definition) is 0. The highest BCUT2D eigenvalue weighted by atomic mass is 127. The lowest BCUT2D eigenvalue weighted by Crippen LogP contribution is -2.43. The minimum atomic E-state index is -1.80. The van der Waals surface area contributed by atoms with Gasteiger partial charge in [0.1, 0.15) is 5.60 Å². The Kier molecular flexibility index (Phi) is 6.90.